The molecule has 1 aromatic rings. The maximum absolute atomic E-state index is 6.16. The van der Waals surface area contributed by atoms with E-state index in [1.54, 1.807) is 14.2 Å². The van der Waals surface area contributed by atoms with E-state index in [1.165, 1.54) is 0 Å². The first-order chi connectivity index (χ1) is 8.50. The number of nitrogens with one attached hydrogen (secondary N) is 1. The topological polar surface area (TPSA) is 30.5 Å². The highest BCUT2D eigenvalue weighted by Crippen LogP contribution is 2.25. The Morgan fingerprint density at radius 2 is 2.00 bits per heavy atom. The van der Waals surface area contributed by atoms with Gasteiger partial charge in [0, 0.05) is 24.2 Å². The fraction of sp³-hybridized carbons (Fsp3) is 0.571. The van der Waals surface area contributed by atoms with Gasteiger partial charge >= 0.3 is 0 Å². The van der Waals surface area contributed by atoms with E-state index in [0.717, 1.165) is 29.3 Å². The number of halogens is 1. The number of rotatable bonds is 7. The first kappa shape index (κ1) is 15.3. The fourth-order valence-electron chi connectivity index (χ4n) is 1.61. The van der Waals surface area contributed by atoms with Crippen LogP contribution in [0.25, 0.3) is 0 Å². The molecule has 0 saturated heterocycles. The number of ether oxygens (including phenoxy) is 2. The summed E-state index contributed by atoms with van der Waals surface area (Å²) in [6.07, 6.45) is 0.941. The molecule has 0 spiro atoms. The molecule has 1 N–H and O–H groups in total. The van der Waals surface area contributed by atoms with Gasteiger partial charge in [0.15, 0.2) is 0 Å². The SMILES string of the molecule is COc1cccc(Cl)c1CNCCC(C)(C)OC. The lowest BCUT2D eigenvalue weighted by atomic mass is 10.1. The quantitative estimate of drug-likeness (QED) is 0.772. The zero-order valence-electron chi connectivity index (χ0n) is 11.5. The van der Waals surface area contributed by atoms with E-state index in [4.69, 9.17) is 21.1 Å². The fourth-order valence-corrected chi connectivity index (χ4v) is 1.84. The molecular formula is C14H22ClNO2. The minimum atomic E-state index is -0.0996. The van der Waals surface area contributed by atoms with Crippen LogP contribution in [0.5, 0.6) is 5.75 Å². The summed E-state index contributed by atoms with van der Waals surface area (Å²) in [5.41, 5.74) is 0.897. The average Bonchev–Trinajstić information content (AvgIpc) is 2.36. The first-order valence-corrected chi connectivity index (χ1v) is 6.45. The second-order valence-corrected chi connectivity index (χ2v) is 5.22. The predicted molar refractivity (Wildman–Crippen MR) is 75.4 cm³/mol. The largest absolute Gasteiger partial charge is 0.496 e. The lowest BCUT2D eigenvalue weighted by Gasteiger charge is -2.23. The minimum absolute atomic E-state index is 0.0996. The molecule has 4 heteroatoms. The monoisotopic (exact) mass is 271 g/mol. The van der Waals surface area contributed by atoms with Crippen LogP contribution in [0.1, 0.15) is 25.8 Å². The van der Waals surface area contributed by atoms with Gasteiger partial charge in [0.1, 0.15) is 5.75 Å². The number of hydrogen-bond donors (Lipinski definition) is 1. The van der Waals surface area contributed by atoms with Crippen molar-refractivity contribution in [3.63, 3.8) is 0 Å². The van der Waals surface area contributed by atoms with Crippen molar-refractivity contribution in [3.8, 4) is 5.75 Å². The van der Waals surface area contributed by atoms with Gasteiger partial charge in [-0.1, -0.05) is 17.7 Å². The highest BCUT2D eigenvalue weighted by atomic mass is 35.5. The Kier molecular flexibility index (Phi) is 5.93. The van der Waals surface area contributed by atoms with Gasteiger partial charge in [-0.25, -0.2) is 0 Å². The van der Waals surface area contributed by atoms with Crippen LogP contribution in [0.2, 0.25) is 5.02 Å². The zero-order valence-corrected chi connectivity index (χ0v) is 12.3. The Labute approximate surface area is 114 Å². The lowest BCUT2D eigenvalue weighted by molar-refractivity contribution is 0.0158. The van der Waals surface area contributed by atoms with Gasteiger partial charge in [0.2, 0.25) is 0 Å². The third-order valence-corrected chi connectivity index (χ3v) is 3.41. The Bertz CT molecular complexity index is 380. The Morgan fingerprint density at radius 1 is 1.28 bits per heavy atom. The molecule has 0 aliphatic heterocycles. The molecule has 3 nitrogen and oxygen atoms in total. The second kappa shape index (κ2) is 6.98. The van der Waals surface area contributed by atoms with Crippen molar-refractivity contribution in [1.82, 2.24) is 5.32 Å². The maximum Gasteiger partial charge on any atom is 0.124 e. The van der Waals surface area contributed by atoms with Crippen molar-refractivity contribution < 1.29 is 9.47 Å². The van der Waals surface area contributed by atoms with Gasteiger partial charge in [-0.05, 0) is 38.9 Å². The predicted octanol–water partition coefficient (Wildman–Crippen LogP) is 3.25. The zero-order chi connectivity index (χ0) is 13.6. The molecule has 0 unspecified atom stereocenters. The molecule has 0 bridgehead atoms. The highest BCUT2D eigenvalue weighted by Gasteiger charge is 2.15. The molecule has 1 rings (SSSR count). The molecule has 0 aliphatic carbocycles. The number of hydrogen-bond acceptors (Lipinski definition) is 3. The summed E-state index contributed by atoms with van der Waals surface area (Å²) in [7, 11) is 3.39. The summed E-state index contributed by atoms with van der Waals surface area (Å²) in [5, 5.41) is 4.09. The van der Waals surface area contributed by atoms with E-state index in [1.807, 2.05) is 18.2 Å². The molecule has 102 valence electrons. The van der Waals surface area contributed by atoms with E-state index in [9.17, 15) is 0 Å². The number of methoxy groups -OCH3 is 2. The van der Waals surface area contributed by atoms with Crippen molar-refractivity contribution in [2.45, 2.75) is 32.4 Å². The van der Waals surface area contributed by atoms with Crippen molar-refractivity contribution in [1.29, 1.82) is 0 Å². The average molecular weight is 272 g/mol. The molecule has 0 radical (unpaired) electrons. The van der Waals surface area contributed by atoms with Gasteiger partial charge in [0.25, 0.3) is 0 Å². The summed E-state index contributed by atoms with van der Waals surface area (Å²) in [5.74, 6) is 0.820. The van der Waals surface area contributed by atoms with E-state index in [2.05, 4.69) is 19.2 Å². The van der Waals surface area contributed by atoms with Crippen molar-refractivity contribution in [2.24, 2.45) is 0 Å². The smallest absolute Gasteiger partial charge is 0.124 e. The van der Waals surface area contributed by atoms with Crippen LogP contribution in [0, 0.1) is 0 Å². The Balaban J connectivity index is 2.49. The third-order valence-electron chi connectivity index (χ3n) is 3.05. The van der Waals surface area contributed by atoms with Gasteiger partial charge in [0.05, 0.1) is 12.7 Å². The van der Waals surface area contributed by atoms with Crippen molar-refractivity contribution in [2.75, 3.05) is 20.8 Å². The standard InChI is InChI=1S/C14H22ClNO2/c1-14(2,18-4)8-9-16-10-11-12(15)6-5-7-13(11)17-3/h5-7,16H,8-10H2,1-4H3. The Morgan fingerprint density at radius 3 is 2.61 bits per heavy atom. The molecule has 0 heterocycles. The van der Waals surface area contributed by atoms with Crippen LogP contribution in [-0.4, -0.2) is 26.4 Å². The molecule has 0 aliphatic rings. The van der Waals surface area contributed by atoms with Crippen molar-refractivity contribution >= 4 is 11.6 Å². The van der Waals surface area contributed by atoms with Gasteiger partial charge < -0.3 is 14.8 Å². The van der Waals surface area contributed by atoms with E-state index in [-0.39, 0.29) is 5.60 Å². The van der Waals surface area contributed by atoms with Crippen molar-refractivity contribution in [3.05, 3.63) is 28.8 Å². The van der Waals surface area contributed by atoms with Crippen LogP contribution in [0.4, 0.5) is 0 Å². The molecular weight excluding hydrogens is 250 g/mol. The maximum atomic E-state index is 6.16. The minimum Gasteiger partial charge on any atom is -0.496 e. The lowest BCUT2D eigenvalue weighted by Crippen LogP contribution is -2.28. The molecule has 0 amide bonds. The Hall–Kier alpha value is -0.770. The molecule has 18 heavy (non-hydrogen) atoms. The summed E-state index contributed by atoms with van der Waals surface area (Å²) < 4.78 is 10.7. The summed E-state index contributed by atoms with van der Waals surface area (Å²) in [6, 6.07) is 5.68. The van der Waals surface area contributed by atoms with Crippen LogP contribution >= 0.6 is 11.6 Å². The summed E-state index contributed by atoms with van der Waals surface area (Å²) >= 11 is 6.16. The van der Waals surface area contributed by atoms with Gasteiger partial charge in [-0.3, -0.25) is 0 Å². The van der Waals surface area contributed by atoms with Crippen LogP contribution in [0.3, 0.4) is 0 Å². The van der Waals surface area contributed by atoms with Crippen LogP contribution in [0.15, 0.2) is 18.2 Å². The number of benzene rings is 1. The summed E-state index contributed by atoms with van der Waals surface area (Å²) in [4.78, 5) is 0. The molecule has 0 aromatic heterocycles. The van der Waals surface area contributed by atoms with Crippen LogP contribution in [-0.2, 0) is 11.3 Å². The van der Waals surface area contributed by atoms with Crippen LogP contribution < -0.4 is 10.1 Å². The second-order valence-electron chi connectivity index (χ2n) is 4.81. The first-order valence-electron chi connectivity index (χ1n) is 6.07. The molecule has 0 saturated carbocycles. The van der Waals surface area contributed by atoms with E-state index >= 15 is 0 Å². The highest BCUT2D eigenvalue weighted by molar-refractivity contribution is 6.31. The molecule has 0 atom stereocenters. The normalized spacial score (nSPS) is 11.6. The summed E-state index contributed by atoms with van der Waals surface area (Å²) in [6.45, 7) is 5.72. The molecule has 1 aromatic carbocycles. The third kappa shape index (κ3) is 4.48. The van der Waals surface area contributed by atoms with Gasteiger partial charge in [-0.15, -0.1) is 0 Å². The van der Waals surface area contributed by atoms with E-state index < -0.39 is 0 Å². The molecule has 0 fully saturated rings. The van der Waals surface area contributed by atoms with E-state index in [0.29, 0.717) is 6.54 Å². The van der Waals surface area contributed by atoms with Gasteiger partial charge in [-0.2, -0.15) is 0 Å².